The van der Waals surface area contributed by atoms with Crippen molar-refractivity contribution in [2.45, 2.75) is 32.1 Å². The lowest BCUT2D eigenvalue weighted by Crippen LogP contribution is -2.06. The second-order valence-corrected chi connectivity index (χ2v) is 6.16. The quantitative estimate of drug-likeness (QED) is 0.868. The highest BCUT2D eigenvalue weighted by Gasteiger charge is 2.26. The molecule has 1 N–H and O–H groups in total. The topological polar surface area (TPSA) is 37.8 Å². The van der Waals surface area contributed by atoms with Crippen molar-refractivity contribution < 1.29 is 0 Å². The Morgan fingerprint density at radius 1 is 1.19 bits per heavy atom. The Morgan fingerprint density at radius 2 is 2.00 bits per heavy atom. The smallest absolute Gasteiger partial charge is 0.135 e. The molecule has 0 atom stereocenters. The van der Waals surface area contributed by atoms with Crippen LogP contribution in [0, 0.1) is 0 Å². The molecule has 0 bridgehead atoms. The van der Waals surface area contributed by atoms with Gasteiger partial charge in [-0.15, -0.1) is 0 Å². The van der Waals surface area contributed by atoms with E-state index < -0.39 is 0 Å². The minimum absolute atomic E-state index is 0.602. The molecule has 1 saturated carbocycles. The van der Waals surface area contributed by atoms with Gasteiger partial charge >= 0.3 is 0 Å². The molecule has 3 nitrogen and oxygen atoms in total. The van der Waals surface area contributed by atoms with E-state index in [9.17, 15) is 0 Å². The molecule has 0 amide bonds. The average molecular weight is 322 g/mol. The summed E-state index contributed by atoms with van der Waals surface area (Å²) < 4.78 is 0. The highest BCUT2D eigenvalue weighted by Crippen LogP contribution is 2.39. The van der Waals surface area contributed by atoms with Gasteiger partial charge in [0.1, 0.15) is 11.6 Å². The lowest BCUT2D eigenvalue weighted by Gasteiger charge is -2.09. The first-order chi connectivity index (χ1) is 10.2. The van der Waals surface area contributed by atoms with E-state index in [1.807, 2.05) is 12.1 Å². The molecule has 0 saturated heterocycles. The Kier molecular flexibility index (Phi) is 4.32. The molecule has 0 unspecified atom stereocenters. The third-order valence-corrected chi connectivity index (χ3v) is 4.10. The van der Waals surface area contributed by atoms with Crippen LogP contribution in [-0.2, 0) is 6.42 Å². The summed E-state index contributed by atoms with van der Waals surface area (Å²) in [4.78, 5) is 9.27. The van der Waals surface area contributed by atoms with Crippen LogP contribution in [0.25, 0.3) is 0 Å². The van der Waals surface area contributed by atoms with Crippen molar-refractivity contribution >= 4 is 29.0 Å². The van der Waals surface area contributed by atoms with Crippen molar-refractivity contribution in [1.29, 1.82) is 0 Å². The first kappa shape index (κ1) is 14.6. The lowest BCUT2D eigenvalue weighted by atomic mass is 10.1. The van der Waals surface area contributed by atoms with Crippen molar-refractivity contribution in [3.63, 3.8) is 0 Å². The normalized spacial score (nSPS) is 14.2. The second kappa shape index (κ2) is 6.20. The summed E-state index contributed by atoms with van der Waals surface area (Å²) in [6, 6.07) is 7.60. The summed E-state index contributed by atoms with van der Waals surface area (Å²) in [6.45, 7) is 2.91. The molecule has 21 heavy (non-hydrogen) atoms. The molecule has 1 aromatic heterocycles. The van der Waals surface area contributed by atoms with Crippen LogP contribution in [0.15, 0.2) is 24.3 Å². The zero-order valence-corrected chi connectivity index (χ0v) is 13.4. The van der Waals surface area contributed by atoms with E-state index in [0.29, 0.717) is 22.4 Å². The molecule has 0 aliphatic heterocycles. The van der Waals surface area contributed by atoms with Crippen LogP contribution >= 0.6 is 23.2 Å². The van der Waals surface area contributed by atoms with E-state index in [1.165, 1.54) is 12.8 Å². The maximum Gasteiger partial charge on any atom is 0.135 e. The van der Waals surface area contributed by atoms with Crippen molar-refractivity contribution in [3.05, 3.63) is 51.4 Å². The zero-order chi connectivity index (χ0) is 14.8. The summed E-state index contributed by atoms with van der Waals surface area (Å²) in [7, 11) is 0. The maximum atomic E-state index is 6.24. The monoisotopic (exact) mass is 321 g/mol. The predicted molar refractivity (Wildman–Crippen MR) is 87.4 cm³/mol. The Labute approximate surface area is 134 Å². The molecule has 3 rings (SSSR count). The first-order valence-electron chi connectivity index (χ1n) is 7.21. The Hall–Kier alpha value is -1.32. The average Bonchev–Trinajstić information content (AvgIpc) is 3.27. The van der Waals surface area contributed by atoms with Crippen LogP contribution in [0.2, 0.25) is 10.0 Å². The summed E-state index contributed by atoms with van der Waals surface area (Å²) in [5, 5.41) is 4.58. The van der Waals surface area contributed by atoms with E-state index in [1.54, 1.807) is 6.07 Å². The fraction of sp³-hybridized carbons (Fsp3) is 0.375. The summed E-state index contributed by atoms with van der Waals surface area (Å²) >= 11 is 12.2. The summed E-state index contributed by atoms with van der Waals surface area (Å²) in [5.74, 6) is 2.30. The van der Waals surface area contributed by atoms with Gasteiger partial charge in [-0.05, 0) is 37.5 Å². The summed E-state index contributed by atoms with van der Waals surface area (Å²) in [5.41, 5.74) is 2.14. The molecular weight excluding hydrogens is 305 g/mol. The van der Waals surface area contributed by atoms with Gasteiger partial charge in [0.2, 0.25) is 0 Å². The van der Waals surface area contributed by atoms with Gasteiger partial charge in [-0.2, -0.15) is 0 Å². The maximum absolute atomic E-state index is 6.24. The number of benzene rings is 1. The highest BCUT2D eigenvalue weighted by molar-refractivity contribution is 6.35. The van der Waals surface area contributed by atoms with Gasteiger partial charge in [-0.1, -0.05) is 29.3 Å². The van der Waals surface area contributed by atoms with Gasteiger partial charge in [0.05, 0.1) is 0 Å². The van der Waals surface area contributed by atoms with Gasteiger partial charge in [-0.3, -0.25) is 0 Å². The van der Waals surface area contributed by atoms with E-state index in [-0.39, 0.29) is 0 Å². The Morgan fingerprint density at radius 3 is 2.67 bits per heavy atom. The van der Waals surface area contributed by atoms with Gasteiger partial charge in [0, 0.05) is 40.7 Å². The molecule has 2 aromatic rings. The molecule has 1 aromatic carbocycles. The molecule has 1 aliphatic rings. The van der Waals surface area contributed by atoms with Crippen molar-refractivity contribution in [1.82, 2.24) is 9.97 Å². The van der Waals surface area contributed by atoms with Crippen LogP contribution in [0.3, 0.4) is 0 Å². The van der Waals surface area contributed by atoms with E-state index in [0.717, 1.165) is 29.4 Å². The van der Waals surface area contributed by atoms with E-state index in [2.05, 4.69) is 23.3 Å². The molecule has 5 heteroatoms. The number of rotatable bonds is 5. The lowest BCUT2D eigenvalue weighted by molar-refractivity contribution is 0.898. The van der Waals surface area contributed by atoms with E-state index in [4.69, 9.17) is 28.2 Å². The van der Waals surface area contributed by atoms with E-state index >= 15 is 0 Å². The SMILES string of the molecule is CCNc1cc(C2CC2)nc(Cc2ccc(Cl)cc2Cl)n1. The number of nitrogens with one attached hydrogen (secondary N) is 1. The number of nitrogens with zero attached hydrogens (tertiary/aromatic N) is 2. The molecule has 1 aliphatic carbocycles. The Balaban J connectivity index is 1.89. The molecule has 0 radical (unpaired) electrons. The molecule has 0 spiro atoms. The molecule has 1 heterocycles. The molecule has 110 valence electrons. The van der Waals surface area contributed by atoms with Crippen molar-refractivity contribution in [2.24, 2.45) is 0 Å². The van der Waals surface area contributed by atoms with Crippen LogP contribution in [-0.4, -0.2) is 16.5 Å². The predicted octanol–water partition coefficient (Wildman–Crippen LogP) is 4.68. The minimum atomic E-state index is 0.602. The third-order valence-electron chi connectivity index (χ3n) is 3.51. The fourth-order valence-corrected chi connectivity index (χ4v) is 2.77. The third kappa shape index (κ3) is 3.66. The fourth-order valence-electron chi connectivity index (χ4n) is 2.29. The van der Waals surface area contributed by atoms with Crippen LogP contribution in [0.5, 0.6) is 0 Å². The van der Waals surface area contributed by atoms with Gasteiger partial charge in [0.15, 0.2) is 0 Å². The van der Waals surface area contributed by atoms with Gasteiger partial charge < -0.3 is 5.32 Å². The number of anilines is 1. The number of hydrogen-bond donors (Lipinski definition) is 1. The number of halogens is 2. The zero-order valence-electron chi connectivity index (χ0n) is 11.9. The number of aromatic nitrogens is 2. The minimum Gasteiger partial charge on any atom is -0.370 e. The van der Waals surface area contributed by atoms with Crippen LogP contribution < -0.4 is 5.32 Å². The van der Waals surface area contributed by atoms with Crippen molar-refractivity contribution in [3.8, 4) is 0 Å². The number of hydrogen-bond acceptors (Lipinski definition) is 3. The van der Waals surface area contributed by atoms with Crippen LogP contribution in [0.4, 0.5) is 5.82 Å². The molecule has 1 fully saturated rings. The first-order valence-corrected chi connectivity index (χ1v) is 7.97. The highest BCUT2D eigenvalue weighted by atomic mass is 35.5. The standard InChI is InChI=1S/C16H17Cl2N3/c1-2-19-15-9-14(10-3-4-10)20-16(21-15)7-11-5-6-12(17)8-13(11)18/h5-6,8-10H,2-4,7H2,1H3,(H,19,20,21). The second-order valence-electron chi connectivity index (χ2n) is 5.31. The Bertz CT molecular complexity index is 654. The van der Waals surface area contributed by atoms with Gasteiger partial charge in [0.25, 0.3) is 0 Å². The van der Waals surface area contributed by atoms with Crippen molar-refractivity contribution in [2.75, 3.05) is 11.9 Å². The van der Waals surface area contributed by atoms with Crippen LogP contribution in [0.1, 0.15) is 42.8 Å². The summed E-state index contributed by atoms with van der Waals surface area (Å²) in [6.07, 6.45) is 3.07. The van der Waals surface area contributed by atoms with Gasteiger partial charge in [-0.25, -0.2) is 9.97 Å². The largest absolute Gasteiger partial charge is 0.370 e. The molecular formula is C16H17Cl2N3.